The molecule has 4 unspecified atom stereocenters. The van der Waals surface area contributed by atoms with Crippen LogP contribution in [0, 0.1) is 5.92 Å². The van der Waals surface area contributed by atoms with Gasteiger partial charge >= 0.3 is 5.97 Å². The van der Waals surface area contributed by atoms with Crippen molar-refractivity contribution in [2.24, 2.45) is 17.4 Å². The molecule has 0 saturated heterocycles. The summed E-state index contributed by atoms with van der Waals surface area (Å²) in [5.74, 6) is -2.59. The van der Waals surface area contributed by atoms with E-state index in [4.69, 9.17) is 11.5 Å². The Hall–Kier alpha value is -2.64. The number of thioether (sulfide) groups is 1. The van der Waals surface area contributed by atoms with Crippen molar-refractivity contribution in [1.82, 2.24) is 25.9 Å². The molecule has 198 valence electrons. The van der Waals surface area contributed by atoms with Crippen molar-refractivity contribution in [2.45, 2.75) is 70.1 Å². The SMILES string of the molecule is CSCCC(NC(=O)C(Cc1cnc[nH]1)NC(=O)C(NC(=O)C(N)CCCCN)C(C)C)C(=O)O. The predicted molar refractivity (Wildman–Crippen MR) is 134 cm³/mol. The minimum Gasteiger partial charge on any atom is -0.480 e. The van der Waals surface area contributed by atoms with E-state index in [1.807, 2.05) is 6.26 Å². The molecule has 4 atom stereocenters. The molecule has 9 N–H and O–H groups in total. The van der Waals surface area contributed by atoms with E-state index >= 15 is 0 Å². The predicted octanol–water partition coefficient (Wildman–Crippen LogP) is -0.643. The molecule has 0 radical (unpaired) electrons. The molecule has 12 nitrogen and oxygen atoms in total. The van der Waals surface area contributed by atoms with Crippen molar-refractivity contribution < 1.29 is 24.3 Å². The van der Waals surface area contributed by atoms with Gasteiger partial charge in [0.25, 0.3) is 0 Å². The summed E-state index contributed by atoms with van der Waals surface area (Å²) in [4.78, 5) is 57.1. The molecule has 1 heterocycles. The summed E-state index contributed by atoms with van der Waals surface area (Å²) in [5, 5.41) is 17.3. The molecule has 13 heteroatoms. The lowest BCUT2D eigenvalue weighted by Gasteiger charge is -2.27. The lowest BCUT2D eigenvalue weighted by atomic mass is 10.0. The molecule has 0 aromatic carbocycles. The van der Waals surface area contributed by atoms with Gasteiger partial charge in [0.1, 0.15) is 18.1 Å². The zero-order valence-corrected chi connectivity index (χ0v) is 21.4. The zero-order valence-electron chi connectivity index (χ0n) is 20.6. The smallest absolute Gasteiger partial charge is 0.326 e. The summed E-state index contributed by atoms with van der Waals surface area (Å²) in [6.45, 7) is 4.03. The Morgan fingerprint density at radius 3 is 2.29 bits per heavy atom. The number of carboxylic acids is 1. The van der Waals surface area contributed by atoms with Gasteiger partial charge in [0, 0.05) is 18.3 Å². The summed E-state index contributed by atoms with van der Waals surface area (Å²) < 4.78 is 0. The molecule has 0 aliphatic carbocycles. The van der Waals surface area contributed by atoms with Crippen molar-refractivity contribution in [3.63, 3.8) is 0 Å². The van der Waals surface area contributed by atoms with Gasteiger partial charge in [0.05, 0.1) is 12.4 Å². The van der Waals surface area contributed by atoms with E-state index in [-0.39, 0.29) is 18.8 Å². The molecule has 0 aliphatic heterocycles. The maximum Gasteiger partial charge on any atom is 0.326 e. The molecule has 1 aromatic heterocycles. The van der Waals surface area contributed by atoms with Gasteiger partial charge in [0.2, 0.25) is 17.7 Å². The molecule has 0 bridgehead atoms. The lowest BCUT2D eigenvalue weighted by Crippen LogP contribution is -2.59. The molecule has 1 aromatic rings. The van der Waals surface area contributed by atoms with Crippen molar-refractivity contribution >= 4 is 35.5 Å². The topological polar surface area (TPSA) is 205 Å². The fraction of sp³-hybridized carbons (Fsp3) is 0.682. The minimum atomic E-state index is -1.16. The van der Waals surface area contributed by atoms with Crippen LogP contribution in [0.1, 0.15) is 45.2 Å². The highest BCUT2D eigenvalue weighted by molar-refractivity contribution is 7.98. The molecule has 0 fully saturated rings. The highest BCUT2D eigenvalue weighted by Gasteiger charge is 2.32. The number of nitrogens with two attached hydrogens (primary N) is 2. The average Bonchev–Trinajstić information content (AvgIpc) is 3.32. The van der Waals surface area contributed by atoms with Gasteiger partial charge in [-0.2, -0.15) is 11.8 Å². The number of carbonyl (C=O) groups is 4. The molecule has 1 rings (SSSR count). The summed E-state index contributed by atoms with van der Waals surface area (Å²) in [5.41, 5.74) is 12.0. The second-order valence-corrected chi connectivity index (χ2v) is 9.63. The molecular weight excluding hydrogens is 474 g/mol. The highest BCUT2D eigenvalue weighted by atomic mass is 32.2. The van der Waals surface area contributed by atoms with Crippen LogP contribution in [0.4, 0.5) is 0 Å². The second-order valence-electron chi connectivity index (χ2n) is 8.64. The Labute approximate surface area is 210 Å². The summed E-state index contributed by atoms with van der Waals surface area (Å²) in [6.07, 6.45) is 6.96. The lowest BCUT2D eigenvalue weighted by molar-refractivity contribution is -0.142. The number of aromatic amines is 1. The van der Waals surface area contributed by atoms with Crippen molar-refractivity contribution in [1.29, 1.82) is 0 Å². The fourth-order valence-electron chi connectivity index (χ4n) is 3.29. The van der Waals surface area contributed by atoms with E-state index in [0.29, 0.717) is 30.8 Å². The molecule has 3 amide bonds. The maximum atomic E-state index is 13.1. The van der Waals surface area contributed by atoms with Gasteiger partial charge in [-0.15, -0.1) is 0 Å². The number of H-pyrrole nitrogens is 1. The normalized spacial score (nSPS) is 14.6. The van der Waals surface area contributed by atoms with Crippen LogP contribution in [0.15, 0.2) is 12.5 Å². The Morgan fingerprint density at radius 2 is 1.74 bits per heavy atom. The third kappa shape index (κ3) is 11.1. The molecule has 35 heavy (non-hydrogen) atoms. The first-order valence-electron chi connectivity index (χ1n) is 11.7. The van der Waals surface area contributed by atoms with Gasteiger partial charge in [0.15, 0.2) is 0 Å². The number of nitrogens with one attached hydrogen (secondary N) is 4. The monoisotopic (exact) mass is 513 g/mol. The van der Waals surface area contributed by atoms with Crippen LogP contribution in [-0.4, -0.2) is 81.5 Å². The number of carboxylic acid groups (broad SMARTS) is 1. The first kappa shape index (κ1) is 30.4. The number of imidazole rings is 1. The fourth-order valence-corrected chi connectivity index (χ4v) is 3.76. The largest absolute Gasteiger partial charge is 0.480 e. The Balaban J connectivity index is 2.95. The number of rotatable bonds is 17. The van der Waals surface area contributed by atoms with Crippen LogP contribution in [0.5, 0.6) is 0 Å². The second kappa shape index (κ2) is 16.1. The number of carbonyl (C=O) groups excluding carboxylic acids is 3. The average molecular weight is 514 g/mol. The van der Waals surface area contributed by atoms with E-state index < -0.39 is 47.9 Å². The van der Waals surface area contributed by atoms with Gasteiger partial charge in [-0.3, -0.25) is 14.4 Å². The van der Waals surface area contributed by atoms with Gasteiger partial charge in [-0.1, -0.05) is 20.3 Å². The first-order chi connectivity index (χ1) is 16.6. The third-order valence-electron chi connectivity index (χ3n) is 5.39. The van der Waals surface area contributed by atoms with Gasteiger partial charge in [-0.25, -0.2) is 9.78 Å². The Morgan fingerprint density at radius 1 is 1.06 bits per heavy atom. The van der Waals surface area contributed by atoms with Crippen molar-refractivity contribution in [3.05, 3.63) is 18.2 Å². The van der Waals surface area contributed by atoms with Crippen molar-refractivity contribution in [3.8, 4) is 0 Å². The molecule has 0 saturated carbocycles. The number of nitrogens with zero attached hydrogens (tertiary/aromatic N) is 1. The van der Waals surface area contributed by atoms with E-state index in [0.717, 1.165) is 6.42 Å². The van der Waals surface area contributed by atoms with Crippen LogP contribution in [0.2, 0.25) is 0 Å². The van der Waals surface area contributed by atoms with E-state index in [1.54, 1.807) is 13.8 Å². The Bertz CT molecular complexity index is 806. The number of amides is 3. The Kier molecular flexibility index (Phi) is 14.0. The maximum absolute atomic E-state index is 13.1. The van der Waals surface area contributed by atoms with Crippen LogP contribution >= 0.6 is 11.8 Å². The van der Waals surface area contributed by atoms with E-state index in [1.165, 1.54) is 24.3 Å². The van der Waals surface area contributed by atoms with Crippen LogP contribution < -0.4 is 27.4 Å². The van der Waals surface area contributed by atoms with Gasteiger partial charge in [-0.05, 0) is 43.7 Å². The number of aromatic nitrogens is 2. The first-order valence-corrected chi connectivity index (χ1v) is 13.1. The summed E-state index contributed by atoms with van der Waals surface area (Å²) >= 11 is 1.46. The zero-order chi connectivity index (χ0) is 26.4. The number of hydrogen-bond acceptors (Lipinski definition) is 8. The summed E-state index contributed by atoms with van der Waals surface area (Å²) in [7, 11) is 0. The minimum absolute atomic E-state index is 0.0593. The number of aliphatic carboxylic acids is 1. The highest BCUT2D eigenvalue weighted by Crippen LogP contribution is 2.08. The number of hydrogen-bond donors (Lipinski definition) is 7. The van der Waals surface area contributed by atoms with Crippen molar-refractivity contribution in [2.75, 3.05) is 18.6 Å². The molecular formula is C22H39N7O5S. The molecule has 0 aliphatic rings. The van der Waals surface area contributed by atoms with Crippen LogP contribution in [0.3, 0.4) is 0 Å². The standard InChI is InChI=1S/C22H39N7O5S/c1-13(2)18(29-19(30)15(24)6-4-5-8-23)21(32)28-17(10-14-11-25-12-26-14)20(31)27-16(22(33)34)7-9-35-3/h11-13,15-18H,4-10,23-24H2,1-3H3,(H,25,26)(H,27,31)(H,28,32)(H,29,30)(H,33,34). The quantitative estimate of drug-likeness (QED) is 0.132. The van der Waals surface area contributed by atoms with E-state index in [9.17, 15) is 24.3 Å². The number of unbranched alkanes of at least 4 members (excludes halogenated alkanes) is 1. The third-order valence-corrected chi connectivity index (χ3v) is 6.03. The van der Waals surface area contributed by atoms with Crippen LogP contribution in [-0.2, 0) is 25.6 Å². The van der Waals surface area contributed by atoms with Crippen LogP contribution in [0.25, 0.3) is 0 Å². The molecule has 0 spiro atoms. The van der Waals surface area contributed by atoms with Gasteiger partial charge < -0.3 is 37.5 Å². The summed E-state index contributed by atoms with van der Waals surface area (Å²) in [6, 6.07) is -3.90. The van der Waals surface area contributed by atoms with E-state index in [2.05, 4.69) is 25.9 Å².